The van der Waals surface area contributed by atoms with Crippen LogP contribution in [0.4, 0.5) is 28.4 Å². The molecule has 54 heavy (non-hydrogen) atoms. The van der Waals surface area contributed by atoms with E-state index in [1.165, 1.54) is 19.2 Å². The highest BCUT2D eigenvalue weighted by molar-refractivity contribution is 6.15. The molecule has 1 N–H and O–H groups in total. The van der Waals surface area contributed by atoms with Crippen LogP contribution in [0.1, 0.15) is 48.5 Å². The van der Waals surface area contributed by atoms with Gasteiger partial charge in [0.1, 0.15) is 19.0 Å². The zero-order chi connectivity index (χ0) is 37.1. The van der Waals surface area contributed by atoms with Gasteiger partial charge in [-0.2, -0.15) is 0 Å². The summed E-state index contributed by atoms with van der Waals surface area (Å²) in [6.45, 7) is 2.50. The van der Waals surface area contributed by atoms with Crippen molar-refractivity contribution < 1.29 is 28.7 Å². The number of hydrogen-bond acceptors (Lipinski definition) is 9. The van der Waals surface area contributed by atoms with Crippen LogP contribution in [-0.4, -0.2) is 48.7 Å². The number of amides is 2. The second-order valence-corrected chi connectivity index (χ2v) is 13.9. The molecule has 0 fully saturated rings. The molecule has 0 radical (unpaired) electrons. The van der Waals surface area contributed by atoms with Crippen molar-refractivity contribution in [1.29, 1.82) is 0 Å². The minimum absolute atomic E-state index is 0.00865. The van der Waals surface area contributed by atoms with E-state index < -0.39 is 4.92 Å². The van der Waals surface area contributed by atoms with Crippen LogP contribution in [0.25, 0.3) is 0 Å². The van der Waals surface area contributed by atoms with Crippen molar-refractivity contribution in [3.8, 4) is 17.2 Å². The predicted octanol–water partition coefficient (Wildman–Crippen LogP) is 7.35. The van der Waals surface area contributed by atoms with Gasteiger partial charge in [0.05, 0.1) is 46.6 Å². The highest BCUT2D eigenvalue weighted by atomic mass is 16.6. The number of nitrogens with zero attached hydrogens (tertiary/aromatic N) is 4. The lowest BCUT2D eigenvalue weighted by Crippen LogP contribution is -2.39. The van der Waals surface area contributed by atoms with Gasteiger partial charge in [-0.05, 0) is 71.5 Å². The zero-order valence-corrected chi connectivity index (χ0v) is 29.6. The topological polar surface area (TPSA) is 136 Å². The van der Waals surface area contributed by atoms with Gasteiger partial charge >= 0.3 is 0 Å². The van der Waals surface area contributed by atoms with Crippen LogP contribution in [0, 0.1) is 17.0 Å². The molecule has 270 valence electrons. The van der Waals surface area contributed by atoms with Crippen LogP contribution in [0.15, 0.2) is 96.0 Å². The molecule has 0 saturated heterocycles. The number of aryl methyl sites for hydroxylation is 1. The van der Waals surface area contributed by atoms with E-state index in [0.29, 0.717) is 63.8 Å². The fourth-order valence-corrected chi connectivity index (χ4v) is 7.95. The molecule has 5 aromatic carbocycles. The number of carbonyl (C=O) groups is 2. The van der Waals surface area contributed by atoms with E-state index >= 15 is 0 Å². The molecular weight excluding hydrogens is 686 g/mol. The van der Waals surface area contributed by atoms with Gasteiger partial charge in [0.2, 0.25) is 0 Å². The molecule has 0 spiro atoms. The summed E-state index contributed by atoms with van der Waals surface area (Å²) in [5.74, 6) is 1.02. The Morgan fingerprint density at radius 3 is 2.19 bits per heavy atom. The maximum absolute atomic E-state index is 13.8. The zero-order valence-electron chi connectivity index (χ0n) is 29.6. The highest BCUT2D eigenvalue weighted by Gasteiger charge is 2.38. The van der Waals surface area contributed by atoms with Gasteiger partial charge in [-0.1, -0.05) is 36.4 Å². The first-order valence-electron chi connectivity index (χ1n) is 17.8. The van der Waals surface area contributed by atoms with Crippen molar-refractivity contribution in [3.63, 3.8) is 0 Å². The van der Waals surface area contributed by atoms with Gasteiger partial charge in [-0.15, -0.1) is 0 Å². The summed E-state index contributed by atoms with van der Waals surface area (Å²) in [4.78, 5) is 47.4. The quantitative estimate of drug-likeness (QED) is 0.130. The molecule has 0 unspecified atom stereocenters. The average Bonchev–Trinajstić information content (AvgIpc) is 3.67. The summed E-state index contributed by atoms with van der Waals surface area (Å²) in [6, 6.07) is 27.4. The lowest BCUT2D eigenvalue weighted by molar-refractivity contribution is -0.385. The van der Waals surface area contributed by atoms with Gasteiger partial charge < -0.3 is 24.4 Å². The van der Waals surface area contributed by atoms with Crippen molar-refractivity contribution >= 4 is 46.5 Å². The molecule has 0 saturated carbocycles. The van der Waals surface area contributed by atoms with Crippen molar-refractivity contribution in [2.75, 3.05) is 28.8 Å². The Kier molecular flexibility index (Phi) is 8.02. The van der Waals surface area contributed by atoms with E-state index in [2.05, 4.69) is 16.4 Å². The predicted molar refractivity (Wildman–Crippen MR) is 204 cm³/mol. The molecule has 12 nitrogen and oxygen atoms in total. The number of ether oxygens (including phenoxy) is 3. The molecule has 0 aromatic heterocycles. The number of non-ortho nitro benzene ring substituents is 1. The number of hydrogen-bond donors (Lipinski definition) is 1. The Hall–Kier alpha value is -6.69. The number of nitro benzene ring substituents is 1. The summed E-state index contributed by atoms with van der Waals surface area (Å²) in [7, 11) is 1.49. The first kappa shape index (κ1) is 33.2. The number of aliphatic imine (C=N–C) groups is 1. The molecule has 12 heteroatoms. The molecule has 2 amide bonds. The molecule has 0 bridgehead atoms. The Morgan fingerprint density at radius 1 is 0.796 bits per heavy atom. The monoisotopic (exact) mass is 721 g/mol. The minimum atomic E-state index is -0.450. The average molecular weight is 722 g/mol. The number of rotatable bonds is 8. The van der Waals surface area contributed by atoms with Crippen LogP contribution in [0.2, 0.25) is 0 Å². The molecule has 5 aromatic rings. The van der Waals surface area contributed by atoms with Crippen molar-refractivity contribution in [2.45, 2.75) is 45.1 Å². The lowest BCUT2D eigenvalue weighted by atomic mass is 10.1. The third kappa shape index (κ3) is 5.67. The molecule has 4 heterocycles. The van der Waals surface area contributed by atoms with Gasteiger partial charge in [0.25, 0.3) is 17.5 Å². The smallest absolute Gasteiger partial charge is 0.270 e. The first-order chi connectivity index (χ1) is 26.2. The third-order valence-corrected chi connectivity index (χ3v) is 10.5. The summed E-state index contributed by atoms with van der Waals surface area (Å²) < 4.78 is 18.1. The number of methoxy groups -OCH3 is 1. The Bertz CT molecular complexity index is 2430. The largest absolute Gasteiger partial charge is 0.493 e. The second-order valence-electron chi connectivity index (χ2n) is 13.9. The van der Waals surface area contributed by atoms with Crippen LogP contribution < -0.4 is 29.3 Å². The van der Waals surface area contributed by atoms with E-state index in [9.17, 15) is 19.7 Å². The van der Waals surface area contributed by atoms with Crippen molar-refractivity contribution in [2.24, 2.45) is 4.99 Å². The maximum Gasteiger partial charge on any atom is 0.270 e. The highest BCUT2D eigenvalue weighted by Crippen LogP contribution is 2.42. The van der Waals surface area contributed by atoms with E-state index in [-0.39, 0.29) is 42.8 Å². The van der Waals surface area contributed by atoms with Crippen LogP contribution in [0.3, 0.4) is 0 Å². The number of nitro groups is 1. The van der Waals surface area contributed by atoms with Gasteiger partial charge in [-0.25, -0.2) is 0 Å². The lowest BCUT2D eigenvalue weighted by Gasteiger charge is -2.22. The summed E-state index contributed by atoms with van der Waals surface area (Å²) >= 11 is 0. The summed E-state index contributed by atoms with van der Waals surface area (Å²) in [5, 5.41) is 15.4. The number of para-hydroxylation sites is 2. The van der Waals surface area contributed by atoms with Crippen molar-refractivity contribution in [1.82, 2.24) is 0 Å². The Labute approximate surface area is 310 Å². The molecule has 0 aliphatic carbocycles. The standard InChI is InChI=1S/C42H35N5O7/c1-24-11-32-34(43-20-30-15-27-7-3-5-9-36(27)45(30)41(32)48)18-38(24)53-22-25-12-26(14-29(13-25)47(50)51)23-54-40-19-35-33(17-39(40)52-2)42(49)46-31(21-44-35)16-28-8-4-6-10-37(28)46/h3-14,17-19,21,30-31,43H,15-16,20,22-23H2,1-2H3/t30-,31-/m0/s1. The number of benzene rings is 5. The summed E-state index contributed by atoms with van der Waals surface area (Å²) in [5.41, 5.74) is 7.95. The van der Waals surface area contributed by atoms with Gasteiger partial charge in [0, 0.05) is 54.8 Å². The molecular formula is C42H35N5O7. The molecule has 4 aliphatic heterocycles. The fourth-order valence-electron chi connectivity index (χ4n) is 7.95. The SMILES string of the molecule is COc1cc2c(cc1OCc1cc(COc3cc4c(cc3C)C(=O)N3c5ccccc5C[C@H]3CN4)cc([N+](=O)[O-])c1)N=C[C@@H]1Cc3ccccc3N1C2=O. The third-order valence-electron chi connectivity index (χ3n) is 10.5. The fraction of sp³-hybridized carbons (Fsp3) is 0.214. The van der Waals surface area contributed by atoms with E-state index in [1.807, 2.05) is 66.4 Å². The van der Waals surface area contributed by atoms with Gasteiger partial charge in [0.15, 0.2) is 11.5 Å². The summed E-state index contributed by atoms with van der Waals surface area (Å²) in [6.07, 6.45) is 3.25. The number of anilines is 3. The van der Waals surface area contributed by atoms with E-state index in [1.54, 1.807) is 29.3 Å². The van der Waals surface area contributed by atoms with E-state index in [4.69, 9.17) is 14.2 Å². The maximum atomic E-state index is 13.8. The van der Waals surface area contributed by atoms with Crippen LogP contribution in [0.5, 0.6) is 17.2 Å². The Morgan fingerprint density at radius 2 is 1.46 bits per heavy atom. The van der Waals surface area contributed by atoms with Crippen LogP contribution in [-0.2, 0) is 26.1 Å². The van der Waals surface area contributed by atoms with Crippen molar-refractivity contribution in [3.05, 3.63) is 140 Å². The van der Waals surface area contributed by atoms with E-state index in [0.717, 1.165) is 34.5 Å². The minimum Gasteiger partial charge on any atom is -0.493 e. The molecule has 4 aliphatic rings. The number of nitrogens with one attached hydrogen (secondary N) is 1. The van der Waals surface area contributed by atoms with Gasteiger partial charge in [-0.3, -0.25) is 29.6 Å². The second kappa shape index (κ2) is 13.1. The number of fused-ring (bicyclic) bond motifs is 8. The Balaban J connectivity index is 0.936. The normalized spacial score (nSPS) is 17.6. The first-order valence-corrected chi connectivity index (χ1v) is 17.8. The molecule has 9 rings (SSSR count). The van der Waals surface area contributed by atoms with Crippen LogP contribution >= 0.6 is 0 Å². The molecule has 2 atom stereocenters. The number of carbonyl (C=O) groups excluding carboxylic acids is 2.